The molecule has 0 atom stereocenters. The highest BCUT2D eigenvalue weighted by Gasteiger charge is 2.43. The third kappa shape index (κ3) is 1.54. The smallest absolute Gasteiger partial charge is 0.258 e. The SMILES string of the molecule is O=[N+]([O-])c1cccc(C2(CBr)CC2)c1. The van der Waals surface area contributed by atoms with Crippen molar-refractivity contribution in [1.29, 1.82) is 0 Å². The van der Waals surface area contributed by atoms with Gasteiger partial charge >= 0.3 is 0 Å². The van der Waals surface area contributed by atoms with Crippen LogP contribution in [0.3, 0.4) is 0 Å². The highest BCUT2D eigenvalue weighted by Crippen LogP contribution is 2.49. The van der Waals surface area contributed by atoms with Gasteiger partial charge < -0.3 is 0 Å². The summed E-state index contributed by atoms with van der Waals surface area (Å²) in [6.45, 7) is 0. The molecule has 1 aromatic carbocycles. The molecular formula is C10H10BrNO2. The fourth-order valence-electron chi connectivity index (χ4n) is 1.60. The summed E-state index contributed by atoms with van der Waals surface area (Å²) in [5.41, 5.74) is 1.45. The maximum Gasteiger partial charge on any atom is 0.269 e. The maximum absolute atomic E-state index is 10.6. The maximum atomic E-state index is 10.6. The van der Waals surface area contributed by atoms with Gasteiger partial charge in [0, 0.05) is 22.9 Å². The molecule has 1 aliphatic carbocycles. The van der Waals surface area contributed by atoms with Crippen LogP contribution in [0.1, 0.15) is 18.4 Å². The number of nitro groups is 1. The Kier molecular flexibility index (Phi) is 2.31. The van der Waals surface area contributed by atoms with Crippen molar-refractivity contribution in [3.05, 3.63) is 39.9 Å². The molecule has 0 N–H and O–H groups in total. The van der Waals surface area contributed by atoms with Gasteiger partial charge in [0.1, 0.15) is 0 Å². The van der Waals surface area contributed by atoms with Crippen LogP contribution >= 0.6 is 15.9 Å². The van der Waals surface area contributed by atoms with Crippen LogP contribution in [0.4, 0.5) is 5.69 Å². The Morgan fingerprint density at radius 1 is 1.50 bits per heavy atom. The van der Waals surface area contributed by atoms with Crippen molar-refractivity contribution in [3.8, 4) is 0 Å². The summed E-state index contributed by atoms with van der Waals surface area (Å²) in [5, 5.41) is 11.5. The lowest BCUT2D eigenvalue weighted by atomic mass is 9.98. The van der Waals surface area contributed by atoms with Gasteiger partial charge in [-0.2, -0.15) is 0 Å². The summed E-state index contributed by atoms with van der Waals surface area (Å²) >= 11 is 3.46. The molecule has 14 heavy (non-hydrogen) atoms. The Morgan fingerprint density at radius 3 is 2.71 bits per heavy atom. The molecule has 0 aromatic heterocycles. The lowest BCUT2D eigenvalue weighted by Crippen LogP contribution is -2.07. The van der Waals surface area contributed by atoms with E-state index in [0.29, 0.717) is 0 Å². The molecule has 1 aromatic rings. The van der Waals surface area contributed by atoms with Crippen molar-refractivity contribution in [2.45, 2.75) is 18.3 Å². The minimum Gasteiger partial charge on any atom is -0.258 e. The first kappa shape index (κ1) is 9.65. The van der Waals surface area contributed by atoms with E-state index in [1.807, 2.05) is 6.07 Å². The Labute approximate surface area is 90.4 Å². The fraction of sp³-hybridized carbons (Fsp3) is 0.400. The molecule has 0 aliphatic heterocycles. The number of nitro benzene ring substituents is 1. The van der Waals surface area contributed by atoms with Gasteiger partial charge in [-0.25, -0.2) is 0 Å². The minimum absolute atomic E-state index is 0.173. The number of halogens is 1. The number of rotatable bonds is 3. The monoisotopic (exact) mass is 255 g/mol. The average molecular weight is 256 g/mol. The molecule has 74 valence electrons. The molecule has 0 bridgehead atoms. The van der Waals surface area contributed by atoms with Gasteiger partial charge in [-0.15, -0.1) is 0 Å². The van der Waals surface area contributed by atoms with Gasteiger partial charge in [-0.05, 0) is 18.4 Å². The Balaban J connectivity index is 2.36. The molecule has 0 radical (unpaired) electrons. The highest BCUT2D eigenvalue weighted by atomic mass is 79.9. The molecule has 0 spiro atoms. The van der Waals surface area contributed by atoms with Crippen molar-refractivity contribution in [1.82, 2.24) is 0 Å². The van der Waals surface area contributed by atoms with Crippen molar-refractivity contribution in [3.63, 3.8) is 0 Å². The first-order chi connectivity index (χ1) is 6.68. The summed E-state index contributed by atoms with van der Waals surface area (Å²) in [6.07, 6.45) is 2.25. The van der Waals surface area contributed by atoms with Crippen LogP contribution in [0.15, 0.2) is 24.3 Å². The second-order valence-electron chi connectivity index (χ2n) is 3.72. The number of benzene rings is 1. The average Bonchev–Trinajstić information content (AvgIpc) is 2.98. The zero-order chi connectivity index (χ0) is 10.2. The molecule has 1 aliphatic rings. The minimum atomic E-state index is -0.339. The van der Waals surface area contributed by atoms with Crippen LogP contribution in [-0.4, -0.2) is 10.3 Å². The normalized spacial score (nSPS) is 17.8. The molecule has 0 amide bonds. The molecule has 3 nitrogen and oxygen atoms in total. The number of non-ortho nitro benzene ring substituents is 1. The van der Waals surface area contributed by atoms with E-state index < -0.39 is 0 Å². The van der Waals surface area contributed by atoms with Gasteiger partial charge in [0.05, 0.1) is 4.92 Å². The van der Waals surface area contributed by atoms with Crippen molar-refractivity contribution >= 4 is 21.6 Å². The molecule has 0 heterocycles. The van der Waals surface area contributed by atoms with Crippen LogP contribution < -0.4 is 0 Å². The van der Waals surface area contributed by atoms with Crippen LogP contribution in [0.5, 0.6) is 0 Å². The van der Waals surface area contributed by atoms with E-state index in [4.69, 9.17) is 0 Å². The van der Waals surface area contributed by atoms with E-state index in [1.54, 1.807) is 12.1 Å². The Bertz CT molecular complexity index is 374. The van der Waals surface area contributed by atoms with E-state index in [1.165, 1.54) is 6.07 Å². The van der Waals surface area contributed by atoms with E-state index in [2.05, 4.69) is 15.9 Å². The lowest BCUT2D eigenvalue weighted by molar-refractivity contribution is -0.384. The third-order valence-corrected chi connectivity index (χ3v) is 3.85. The van der Waals surface area contributed by atoms with Gasteiger partial charge in [-0.3, -0.25) is 10.1 Å². The number of hydrogen-bond donors (Lipinski definition) is 0. The Morgan fingerprint density at radius 2 is 2.21 bits per heavy atom. The van der Waals surface area contributed by atoms with Crippen LogP contribution in [0.25, 0.3) is 0 Å². The molecule has 0 unspecified atom stereocenters. The summed E-state index contributed by atoms with van der Waals surface area (Å²) in [7, 11) is 0. The van der Waals surface area contributed by atoms with E-state index in [-0.39, 0.29) is 16.0 Å². The van der Waals surface area contributed by atoms with Gasteiger partial charge in [0.2, 0.25) is 0 Å². The summed E-state index contributed by atoms with van der Waals surface area (Å²) in [6, 6.07) is 6.96. The zero-order valence-corrected chi connectivity index (χ0v) is 9.16. The Hall–Kier alpha value is -0.900. The first-order valence-electron chi connectivity index (χ1n) is 4.49. The first-order valence-corrected chi connectivity index (χ1v) is 5.61. The van der Waals surface area contributed by atoms with Gasteiger partial charge in [0.15, 0.2) is 0 Å². The molecule has 0 saturated heterocycles. The molecule has 1 saturated carbocycles. The zero-order valence-electron chi connectivity index (χ0n) is 7.57. The third-order valence-electron chi connectivity index (χ3n) is 2.78. The van der Waals surface area contributed by atoms with Crippen LogP contribution in [0, 0.1) is 10.1 Å². The summed E-state index contributed by atoms with van der Waals surface area (Å²) in [4.78, 5) is 10.2. The van der Waals surface area contributed by atoms with Crippen molar-refractivity contribution in [2.24, 2.45) is 0 Å². The molecule has 1 fully saturated rings. The van der Waals surface area contributed by atoms with E-state index in [9.17, 15) is 10.1 Å². The summed E-state index contributed by atoms with van der Waals surface area (Å²) in [5.74, 6) is 0. The number of hydrogen-bond acceptors (Lipinski definition) is 2. The number of nitrogens with zero attached hydrogens (tertiary/aromatic N) is 1. The van der Waals surface area contributed by atoms with Gasteiger partial charge in [0.25, 0.3) is 5.69 Å². The second-order valence-corrected chi connectivity index (χ2v) is 4.28. The predicted molar refractivity (Wildman–Crippen MR) is 57.8 cm³/mol. The fourth-order valence-corrected chi connectivity index (χ4v) is 2.48. The lowest BCUT2D eigenvalue weighted by Gasteiger charge is -2.10. The van der Waals surface area contributed by atoms with E-state index >= 15 is 0 Å². The largest absolute Gasteiger partial charge is 0.269 e. The molecular weight excluding hydrogens is 246 g/mol. The highest BCUT2D eigenvalue weighted by molar-refractivity contribution is 9.09. The second kappa shape index (κ2) is 3.35. The van der Waals surface area contributed by atoms with Crippen LogP contribution in [-0.2, 0) is 5.41 Å². The van der Waals surface area contributed by atoms with E-state index in [0.717, 1.165) is 23.7 Å². The molecule has 2 rings (SSSR count). The van der Waals surface area contributed by atoms with Crippen LogP contribution in [0.2, 0.25) is 0 Å². The summed E-state index contributed by atoms with van der Waals surface area (Å²) < 4.78 is 0. The predicted octanol–water partition coefficient (Wildman–Crippen LogP) is 3.02. The topological polar surface area (TPSA) is 43.1 Å². The standard InChI is InChI=1S/C10H10BrNO2/c11-7-10(4-5-10)8-2-1-3-9(6-8)12(13)14/h1-3,6H,4-5,7H2. The van der Waals surface area contributed by atoms with Crippen molar-refractivity contribution in [2.75, 3.05) is 5.33 Å². The number of alkyl halides is 1. The molecule has 4 heteroatoms. The quantitative estimate of drug-likeness (QED) is 0.474. The van der Waals surface area contributed by atoms with Crippen molar-refractivity contribution < 1.29 is 4.92 Å². The van der Waals surface area contributed by atoms with Gasteiger partial charge in [-0.1, -0.05) is 28.1 Å².